The SMILES string of the molecule is Cc1ccc(CNc2nc(C)c(-c3ccn(CCO)n3)s2)o1. The van der Waals surface area contributed by atoms with Gasteiger partial charge in [-0.1, -0.05) is 11.3 Å². The van der Waals surface area contributed by atoms with Gasteiger partial charge in [-0.05, 0) is 32.0 Å². The van der Waals surface area contributed by atoms with Gasteiger partial charge in [0.2, 0.25) is 0 Å². The molecule has 7 heteroatoms. The Kier molecular flexibility index (Phi) is 4.26. The number of anilines is 1. The fraction of sp³-hybridized carbons (Fsp3) is 0.333. The zero-order valence-electron chi connectivity index (χ0n) is 12.5. The van der Waals surface area contributed by atoms with Gasteiger partial charge in [0.25, 0.3) is 0 Å². The van der Waals surface area contributed by atoms with Gasteiger partial charge in [0.15, 0.2) is 5.13 Å². The molecule has 3 heterocycles. The van der Waals surface area contributed by atoms with Crippen molar-refractivity contribution in [3.8, 4) is 10.6 Å². The number of furan rings is 1. The molecule has 0 aliphatic carbocycles. The molecule has 0 atom stereocenters. The van der Waals surface area contributed by atoms with Crippen LogP contribution >= 0.6 is 11.3 Å². The van der Waals surface area contributed by atoms with Crippen molar-refractivity contribution in [2.24, 2.45) is 0 Å². The fourth-order valence-corrected chi connectivity index (χ4v) is 3.09. The number of aliphatic hydroxyl groups is 1. The van der Waals surface area contributed by atoms with Crippen LogP contribution in [0.5, 0.6) is 0 Å². The maximum atomic E-state index is 8.95. The third-order valence-electron chi connectivity index (χ3n) is 3.21. The summed E-state index contributed by atoms with van der Waals surface area (Å²) in [6.45, 7) is 5.09. The minimum Gasteiger partial charge on any atom is -0.465 e. The molecule has 0 amide bonds. The topological polar surface area (TPSA) is 76.1 Å². The Morgan fingerprint density at radius 3 is 2.91 bits per heavy atom. The van der Waals surface area contributed by atoms with E-state index in [1.54, 1.807) is 16.0 Å². The van der Waals surface area contributed by atoms with E-state index in [0.29, 0.717) is 13.1 Å². The summed E-state index contributed by atoms with van der Waals surface area (Å²) in [5, 5.41) is 17.5. The van der Waals surface area contributed by atoms with Crippen molar-refractivity contribution in [1.82, 2.24) is 14.8 Å². The molecule has 116 valence electrons. The summed E-state index contributed by atoms with van der Waals surface area (Å²) in [5.74, 6) is 1.79. The van der Waals surface area contributed by atoms with Crippen LogP contribution in [0.3, 0.4) is 0 Å². The van der Waals surface area contributed by atoms with Gasteiger partial charge < -0.3 is 14.8 Å². The van der Waals surface area contributed by atoms with Gasteiger partial charge >= 0.3 is 0 Å². The molecule has 3 aromatic rings. The Balaban J connectivity index is 1.72. The Labute approximate surface area is 132 Å². The Morgan fingerprint density at radius 1 is 1.32 bits per heavy atom. The first kappa shape index (κ1) is 14.8. The number of hydrogen-bond acceptors (Lipinski definition) is 6. The van der Waals surface area contributed by atoms with Crippen molar-refractivity contribution in [2.75, 3.05) is 11.9 Å². The lowest BCUT2D eigenvalue weighted by Crippen LogP contribution is -2.02. The van der Waals surface area contributed by atoms with Crippen LogP contribution in [0.25, 0.3) is 10.6 Å². The van der Waals surface area contributed by atoms with Crippen molar-refractivity contribution in [1.29, 1.82) is 0 Å². The lowest BCUT2D eigenvalue weighted by Gasteiger charge is -1.98. The van der Waals surface area contributed by atoms with Gasteiger partial charge in [0.1, 0.15) is 17.2 Å². The van der Waals surface area contributed by atoms with Crippen LogP contribution in [0.15, 0.2) is 28.8 Å². The molecule has 0 aliphatic heterocycles. The molecule has 0 aromatic carbocycles. The third kappa shape index (κ3) is 3.20. The predicted molar refractivity (Wildman–Crippen MR) is 85.9 cm³/mol. The van der Waals surface area contributed by atoms with Crippen molar-refractivity contribution in [2.45, 2.75) is 26.9 Å². The molecular weight excluding hydrogens is 300 g/mol. The van der Waals surface area contributed by atoms with E-state index < -0.39 is 0 Å². The molecule has 0 aliphatic rings. The number of nitrogens with zero attached hydrogens (tertiary/aromatic N) is 3. The van der Waals surface area contributed by atoms with Gasteiger partial charge in [0, 0.05) is 6.20 Å². The summed E-state index contributed by atoms with van der Waals surface area (Å²) in [6, 6.07) is 5.85. The van der Waals surface area contributed by atoms with E-state index in [4.69, 9.17) is 9.52 Å². The monoisotopic (exact) mass is 318 g/mol. The summed E-state index contributed by atoms with van der Waals surface area (Å²) >= 11 is 1.57. The lowest BCUT2D eigenvalue weighted by atomic mass is 10.3. The highest BCUT2D eigenvalue weighted by Gasteiger charge is 2.12. The molecule has 2 N–H and O–H groups in total. The van der Waals surface area contributed by atoms with Crippen LogP contribution in [0.4, 0.5) is 5.13 Å². The third-order valence-corrected chi connectivity index (χ3v) is 4.35. The smallest absolute Gasteiger partial charge is 0.183 e. The van der Waals surface area contributed by atoms with E-state index in [1.165, 1.54) is 0 Å². The van der Waals surface area contributed by atoms with Crippen molar-refractivity contribution in [3.05, 3.63) is 41.6 Å². The molecule has 3 aromatic heterocycles. The second-order valence-corrected chi connectivity index (χ2v) is 5.99. The standard InChI is InChI=1S/C15H18N4O2S/c1-10-3-4-12(21-10)9-16-15-17-11(2)14(22-15)13-5-6-19(18-13)7-8-20/h3-6,20H,7-9H2,1-2H3,(H,16,17). The van der Waals surface area contributed by atoms with Gasteiger partial charge in [-0.25, -0.2) is 4.98 Å². The highest BCUT2D eigenvalue weighted by molar-refractivity contribution is 7.19. The van der Waals surface area contributed by atoms with E-state index in [0.717, 1.165) is 32.9 Å². The first-order valence-corrected chi connectivity index (χ1v) is 7.88. The molecule has 6 nitrogen and oxygen atoms in total. The van der Waals surface area contributed by atoms with Crippen molar-refractivity contribution >= 4 is 16.5 Å². The average Bonchev–Trinajstić information content (AvgIpc) is 3.18. The van der Waals surface area contributed by atoms with Crippen molar-refractivity contribution in [3.63, 3.8) is 0 Å². The molecule has 22 heavy (non-hydrogen) atoms. The summed E-state index contributed by atoms with van der Waals surface area (Å²) in [6.07, 6.45) is 1.86. The zero-order chi connectivity index (χ0) is 15.5. The molecule has 3 rings (SSSR count). The molecule has 0 saturated carbocycles. The van der Waals surface area contributed by atoms with Crippen molar-refractivity contribution < 1.29 is 9.52 Å². The quantitative estimate of drug-likeness (QED) is 0.731. The molecule has 0 saturated heterocycles. The van der Waals surface area contributed by atoms with Gasteiger partial charge in [0.05, 0.1) is 30.3 Å². The van der Waals surface area contributed by atoms with Crippen LogP contribution in [-0.4, -0.2) is 26.5 Å². The average molecular weight is 318 g/mol. The van der Waals surface area contributed by atoms with Crippen LogP contribution in [0.2, 0.25) is 0 Å². The molecular formula is C15H18N4O2S. The number of aliphatic hydroxyl groups excluding tert-OH is 1. The Hall–Kier alpha value is -2.12. The number of aryl methyl sites for hydroxylation is 2. The van der Waals surface area contributed by atoms with Crippen LogP contribution < -0.4 is 5.32 Å². The Morgan fingerprint density at radius 2 is 2.18 bits per heavy atom. The number of nitrogens with one attached hydrogen (secondary N) is 1. The lowest BCUT2D eigenvalue weighted by molar-refractivity contribution is 0.269. The largest absolute Gasteiger partial charge is 0.465 e. The second-order valence-electron chi connectivity index (χ2n) is 4.99. The number of aromatic nitrogens is 3. The molecule has 0 bridgehead atoms. The maximum absolute atomic E-state index is 8.95. The normalized spacial score (nSPS) is 11.0. The number of thiazole rings is 1. The number of hydrogen-bond donors (Lipinski definition) is 2. The summed E-state index contributed by atoms with van der Waals surface area (Å²) in [5.41, 5.74) is 1.82. The summed E-state index contributed by atoms with van der Waals surface area (Å²) in [4.78, 5) is 5.57. The van der Waals surface area contributed by atoms with Gasteiger partial charge in [-0.3, -0.25) is 4.68 Å². The minimum absolute atomic E-state index is 0.0815. The zero-order valence-corrected chi connectivity index (χ0v) is 13.4. The number of rotatable bonds is 6. The molecule has 0 spiro atoms. The first-order chi connectivity index (χ1) is 10.7. The van der Waals surface area contributed by atoms with E-state index in [2.05, 4.69) is 15.4 Å². The molecule has 0 radical (unpaired) electrons. The van der Waals surface area contributed by atoms with Crippen LogP contribution in [0.1, 0.15) is 17.2 Å². The Bertz CT molecular complexity index is 759. The molecule has 0 fully saturated rings. The second kappa shape index (κ2) is 6.33. The fourth-order valence-electron chi connectivity index (χ4n) is 2.16. The van der Waals surface area contributed by atoms with Crippen LogP contribution in [0, 0.1) is 13.8 Å². The van der Waals surface area contributed by atoms with Crippen LogP contribution in [-0.2, 0) is 13.1 Å². The predicted octanol–water partition coefficient (Wildman–Crippen LogP) is 2.82. The highest BCUT2D eigenvalue weighted by atomic mass is 32.1. The minimum atomic E-state index is 0.0815. The summed E-state index contributed by atoms with van der Waals surface area (Å²) < 4.78 is 7.26. The van der Waals surface area contributed by atoms with E-state index in [-0.39, 0.29) is 6.61 Å². The highest BCUT2D eigenvalue weighted by Crippen LogP contribution is 2.31. The van der Waals surface area contributed by atoms with E-state index >= 15 is 0 Å². The first-order valence-electron chi connectivity index (χ1n) is 7.07. The van der Waals surface area contributed by atoms with Gasteiger partial charge in [-0.15, -0.1) is 0 Å². The summed E-state index contributed by atoms with van der Waals surface area (Å²) in [7, 11) is 0. The van der Waals surface area contributed by atoms with E-state index in [9.17, 15) is 0 Å². The maximum Gasteiger partial charge on any atom is 0.183 e. The van der Waals surface area contributed by atoms with E-state index in [1.807, 2.05) is 38.2 Å². The van der Waals surface area contributed by atoms with Gasteiger partial charge in [-0.2, -0.15) is 5.10 Å². The molecule has 0 unspecified atom stereocenters.